The molecule has 0 atom stereocenters. The van der Waals surface area contributed by atoms with E-state index in [1.54, 1.807) is 6.20 Å². The minimum atomic E-state index is 0.498. The second-order valence-electron chi connectivity index (χ2n) is 4.86. The fourth-order valence-electron chi connectivity index (χ4n) is 2.62. The smallest absolute Gasteiger partial charge is 0.142 e. The quantitative estimate of drug-likeness (QED) is 0.795. The average Bonchev–Trinajstić information content (AvgIpc) is 2.39. The van der Waals surface area contributed by atoms with E-state index in [9.17, 15) is 0 Å². The molecule has 3 heterocycles. The number of hydrogen-bond donors (Lipinski definition) is 1. The lowest BCUT2D eigenvalue weighted by molar-refractivity contribution is 0.147. The molecule has 0 aromatic carbocycles. The molecule has 0 aliphatic carbocycles. The van der Waals surface area contributed by atoms with E-state index in [2.05, 4.69) is 26.2 Å². The Morgan fingerprint density at radius 2 is 2.11 bits per heavy atom. The van der Waals surface area contributed by atoms with Gasteiger partial charge in [-0.3, -0.25) is 4.90 Å². The molecule has 2 aliphatic heterocycles. The Kier molecular flexibility index (Phi) is 3.13. The van der Waals surface area contributed by atoms with Crippen LogP contribution in [0.1, 0.15) is 5.69 Å². The number of pyridine rings is 1. The molecule has 0 spiro atoms. The van der Waals surface area contributed by atoms with Crippen LogP contribution in [-0.2, 0) is 0 Å². The van der Waals surface area contributed by atoms with Crippen LogP contribution >= 0.6 is 0 Å². The van der Waals surface area contributed by atoms with Crippen LogP contribution < -0.4 is 10.2 Å². The second-order valence-corrected chi connectivity index (χ2v) is 4.86. The first-order valence-electron chi connectivity index (χ1n) is 6.43. The first-order chi connectivity index (χ1) is 8.86. The van der Waals surface area contributed by atoms with E-state index in [1.165, 1.54) is 0 Å². The van der Waals surface area contributed by atoms with Gasteiger partial charge in [-0.1, -0.05) is 0 Å². The molecule has 2 fully saturated rings. The van der Waals surface area contributed by atoms with Crippen LogP contribution in [0.5, 0.6) is 0 Å². The van der Waals surface area contributed by atoms with Crippen molar-refractivity contribution >= 4 is 5.69 Å². The molecule has 0 amide bonds. The maximum absolute atomic E-state index is 8.84. The van der Waals surface area contributed by atoms with E-state index < -0.39 is 0 Å². The maximum Gasteiger partial charge on any atom is 0.142 e. The van der Waals surface area contributed by atoms with E-state index in [0.717, 1.165) is 45.0 Å². The molecule has 0 unspecified atom stereocenters. The molecule has 18 heavy (non-hydrogen) atoms. The second kappa shape index (κ2) is 4.92. The third kappa shape index (κ3) is 2.17. The van der Waals surface area contributed by atoms with Crippen LogP contribution in [0.4, 0.5) is 5.69 Å². The van der Waals surface area contributed by atoms with Crippen LogP contribution in [-0.4, -0.2) is 55.2 Å². The lowest BCUT2D eigenvalue weighted by Crippen LogP contribution is -2.62. The van der Waals surface area contributed by atoms with Gasteiger partial charge in [0, 0.05) is 57.2 Å². The summed E-state index contributed by atoms with van der Waals surface area (Å²) in [5.41, 5.74) is 1.62. The number of rotatable bonds is 2. The van der Waals surface area contributed by atoms with Gasteiger partial charge in [-0.25, -0.2) is 4.98 Å². The number of nitrogens with one attached hydrogen (secondary N) is 1. The largest absolute Gasteiger partial charge is 0.368 e. The SMILES string of the molecule is N#Cc1cc(N2CC(N3CCNCC3)C2)ccn1. The van der Waals surface area contributed by atoms with Gasteiger partial charge in [0.25, 0.3) is 0 Å². The number of hydrogen-bond acceptors (Lipinski definition) is 5. The van der Waals surface area contributed by atoms with Gasteiger partial charge in [-0.05, 0) is 12.1 Å². The third-order valence-corrected chi connectivity index (χ3v) is 3.75. The van der Waals surface area contributed by atoms with Crippen LogP contribution in [0.25, 0.3) is 0 Å². The molecule has 1 N–H and O–H groups in total. The molecule has 1 aromatic heterocycles. The number of anilines is 1. The van der Waals surface area contributed by atoms with Crippen LogP contribution in [0, 0.1) is 11.3 Å². The minimum Gasteiger partial charge on any atom is -0.368 e. The van der Waals surface area contributed by atoms with Gasteiger partial charge in [0.1, 0.15) is 11.8 Å². The molecular formula is C13H17N5. The number of nitriles is 1. The van der Waals surface area contributed by atoms with E-state index in [-0.39, 0.29) is 0 Å². The average molecular weight is 243 g/mol. The fourth-order valence-corrected chi connectivity index (χ4v) is 2.62. The van der Waals surface area contributed by atoms with Crippen molar-refractivity contribution in [2.45, 2.75) is 6.04 Å². The van der Waals surface area contributed by atoms with Gasteiger partial charge in [-0.15, -0.1) is 0 Å². The Hall–Kier alpha value is -1.64. The van der Waals surface area contributed by atoms with Crippen molar-refractivity contribution in [2.24, 2.45) is 0 Å². The summed E-state index contributed by atoms with van der Waals surface area (Å²) in [4.78, 5) is 8.87. The van der Waals surface area contributed by atoms with Gasteiger partial charge in [0.2, 0.25) is 0 Å². The third-order valence-electron chi connectivity index (χ3n) is 3.75. The van der Waals surface area contributed by atoms with Gasteiger partial charge in [0.15, 0.2) is 0 Å². The van der Waals surface area contributed by atoms with Crippen molar-refractivity contribution in [3.05, 3.63) is 24.0 Å². The van der Waals surface area contributed by atoms with Gasteiger partial charge in [-0.2, -0.15) is 5.26 Å². The Morgan fingerprint density at radius 1 is 1.33 bits per heavy atom. The summed E-state index contributed by atoms with van der Waals surface area (Å²) >= 11 is 0. The molecule has 5 heteroatoms. The Bertz CT molecular complexity index is 455. The van der Waals surface area contributed by atoms with Crippen molar-refractivity contribution in [3.8, 4) is 6.07 Å². The van der Waals surface area contributed by atoms with Gasteiger partial charge >= 0.3 is 0 Å². The summed E-state index contributed by atoms with van der Waals surface area (Å²) in [6.45, 7) is 6.63. The standard InChI is InChI=1S/C13H17N5/c14-8-11-7-12(1-2-16-11)18-9-13(10-18)17-5-3-15-4-6-17/h1-2,7,13,15H,3-6,9-10H2. The zero-order valence-electron chi connectivity index (χ0n) is 10.3. The van der Waals surface area contributed by atoms with E-state index in [4.69, 9.17) is 5.26 Å². The molecule has 5 nitrogen and oxygen atoms in total. The Labute approximate surface area is 107 Å². The van der Waals surface area contributed by atoms with Gasteiger partial charge < -0.3 is 10.2 Å². The fraction of sp³-hybridized carbons (Fsp3) is 0.538. The summed E-state index contributed by atoms with van der Waals surface area (Å²) in [6, 6.07) is 6.61. The zero-order valence-corrected chi connectivity index (χ0v) is 10.3. The normalized spacial score (nSPS) is 21.4. The maximum atomic E-state index is 8.84. The highest BCUT2D eigenvalue weighted by atomic mass is 15.3. The predicted molar refractivity (Wildman–Crippen MR) is 69.4 cm³/mol. The molecule has 1 aromatic rings. The molecule has 0 radical (unpaired) electrons. The number of piperazine rings is 1. The summed E-state index contributed by atoms with van der Waals surface area (Å²) in [6.07, 6.45) is 1.71. The first kappa shape index (κ1) is 11.5. The van der Waals surface area contributed by atoms with Crippen LogP contribution in [0.2, 0.25) is 0 Å². The van der Waals surface area contributed by atoms with Crippen molar-refractivity contribution in [1.29, 1.82) is 5.26 Å². The molecule has 94 valence electrons. The molecule has 2 saturated heterocycles. The molecule has 3 rings (SSSR count). The molecular weight excluding hydrogens is 226 g/mol. The summed E-state index contributed by atoms with van der Waals surface area (Å²) < 4.78 is 0. The number of aromatic nitrogens is 1. The topological polar surface area (TPSA) is 55.2 Å². The van der Waals surface area contributed by atoms with E-state index in [1.807, 2.05) is 12.1 Å². The van der Waals surface area contributed by atoms with E-state index in [0.29, 0.717) is 11.7 Å². The molecule has 0 bridgehead atoms. The monoisotopic (exact) mass is 243 g/mol. The lowest BCUT2D eigenvalue weighted by Gasteiger charge is -2.47. The Morgan fingerprint density at radius 3 is 2.83 bits per heavy atom. The molecule has 0 saturated carbocycles. The summed E-state index contributed by atoms with van der Waals surface area (Å²) in [5, 5.41) is 12.2. The van der Waals surface area contributed by atoms with Gasteiger partial charge in [0.05, 0.1) is 0 Å². The first-order valence-corrected chi connectivity index (χ1v) is 6.43. The highest BCUT2D eigenvalue weighted by molar-refractivity contribution is 5.51. The minimum absolute atomic E-state index is 0.498. The van der Waals surface area contributed by atoms with E-state index >= 15 is 0 Å². The van der Waals surface area contributed by atoms with Crippen LogP contribution in [0.15, 0.2) is 18.3 Å². The number of nitrogens with zero attached hydrogens (tertiary/aromatic N) is 4. The van der Waals surface area contributed by atoms with Crippen molar-refractivity contribution in [3.63, 3.8) is 0 Å². The Balaban J connectivity index is 1.59. The van der Waals surface area contributed by atoms with Crippen LogP contribution in [0.3, 0.4) is 0 Å². The van der Waals surface area contributed by atoms with Crippen molar-refractivity contribution < 1.29 is 0 Å². The van der Waals surface area contributed by atoms with Crippen molar-refractivity contribution in [2.75, 3.05) is 44.2 Å². The summed E-state index contributed by atoms with van der Waals surface area (Å²) in [5.74, 6) is 0. The predicted octanol–water partition coefficient (Wildman–Crippen LogP) is 0.0471. The molecule has 2 aliphatic rings. The highest BCUT2D eigenvalue weighted by Crippen LogP contribution is 2.23. The summed E-state index contributed by atoms with van der Waals surface area (Å²) in [7, 11) is 0. The van der Waals surface area contributed by atoms with Crippen molar-refractivity contribution in [1.82, 2.24) is 15.2 Å². The lowest BCUT2D eigenvalue weighted by atomic mass is 10.1. The zero-order chi connectivity index (χ0) is 12.4. The highest BCUT2D eigenvalue weighted by Gasteiger charge is 2.32.